The van der Waals surface area contributed by atoms with E-state index in [2.05, 4.69) is 85.6 Å². The van der Waals surface area contributed by atoms with E-state index < -0.39 is 0 Å². The summed E-state index contributed by atoms with van der Waals surface area (Å²) in [6.07, 6.45) is 3.88. The summed E-state index contributed by atoms with van der Waals surface area (Å²) in [6, 6.07) is 23.0. The van der Waals surface area contributed by atoms with Crippen LogP contribution < -0.4 is 0 Å². The quantitative estimate of drug-likeness (QED) is 0.305. The molecule has 1 aliphatic rings. The number of Topliss-reactive ketones (excluding diaryl/α,β-unsaturated/α-hetero) is 1. The van der Waals surface area contributed by atoms with E-state index in [0.717, 1.165) is 44.5 Å². The molecule has 4 rings (SSSR count). The zero-order valence-electron chi connectivity index (χ0n) is 20.7. The van der Waals surface area contributed by atoms with Crippen molar-refractivity contribution in [2.75, 3.05) is 19.6 Å². The third kappa shape index (κ3) is 6.65. The van der Waals surface area contributed by atoms with Gasteiger partial charge in [-0.25, -0.2) is 0 Å². The Bertz CT molecular complexity index is 1010. The molecule has 3 nitrogen and oxygen atoms in total. The second-order valence-electron chi connectivity index (χ2n) is 10.3. The molecular weight excluding hydrogens is 438 g/mol. The average molecular weight is 476 g/mol. The predicted octanol–water partition coefficient (Wildman–Crippen LogP) is 7.28. The van der Waals surface area contributed by atoms with Gasteiger partial charge in [-0.3, -0.25) is 4.79 Å². The van der Waals surface area contributed by atoms with Crippen LogP contribution >= 0.6 is 11.3 Å². The van der Waals surface area contributed by atoms with Crippen LogP contribution in [0, 0.1) is 0 Å². The van der Waals surface area contributed by atoms with Crippen LogP contribution in [0.2, 0.25) is 0 Å². The van der Waals surface area contributed by atoms with Gasteiger partial charge in [0.05, 0.1) is 6.10 Å². The normalized spacial score (nSPS) is 16.4. The summed E-state index contributed by atoms with van der Waals surface area (Å²) < 4.78 is 6.63. The molecule has 1 aromatic heterocycles. The highest BCUT2D eigenvalue weighted by Crippen LogP contribution is 2.32. The molecule has 34 heavy (non-hydrogen) atoms. The molecular formula is C30H37NO2S. The molecule has 1 atom stereocenters. The van der Waals surface area contributed by atoms with Gasteiger partial charge in [-0.05, 0) is 53.8 Å². The Kier molecular flexibility index (Phi) is 8.36. The second-order valence-corrected chi connectivity index (χ2v) is 11.3. The number of carbonyl (C=O) groups is 1. The Labute approximate surface area is 208 Å². The molecule has 1 saturated heterocycles. The minimum absolute atomic E-state index is 0.0139. The molecule has 0 N–H and O–H groups in total. The number of ether oxygens (including phenoxy) is 1. The van der Waals surface area contributed by atoms with E-state index in [0.29, 0.717) is 6.42 Å². The number of nitrogens with zero attached hydrogens (tertiary/aromatic N) is 1. The van der Waals surface area contributed by atoms with Crippen molar-refractivity contribution in [1.82, 2.24) is 4.90 Å². The van der Waals surface area contributed by atoms with Crippen LogP contribution in [0.4, 0.5) is 0 Å². The van der Waals surface area contributed by atoms with Crippen molar-refractivity contribution >= 4 is 17.1 Å². The van der Waals surface area contributed by atoms with Gasteiger partial charge >= 0.3 is 0 Å². The van der Waals surface area contributed by atoms with Gasteiger partial charge in [-0.1, -0.05) is 81.4 Å². The van der Waals surface area contributed by atoms with Crippen molar-refractivity contribution in [3.05, 3.63) is 93.7 Å². The van der Waals surface area contributed by atoms with E-state index in [4.69, 9.17) is 4.74 Å². The van der Waals surface area contributed by atoms with Crippen LogP contribution in [0.5, 0.6) is 0 Å². The van der Waals surface area contributed by atoms with Crippen molar-refractivity contribution in [3.8, 4) is 0 Å². The minimum atomic E-state index is 0.0139. The molecule has 4 heteroatoms. The number of thiophene rings is 1. The van der Waals surface area contributed by atoms with E-state index in [1.54, 1.807) is 11.3 Å². The van der Waals surface area contributed by atoms with Crippen LogP contribution in [0.25, 0.3) is 0 Å². The summed E-state index contributed by atoms with van der Waals surface area (Å²) in [5.74, 6) is 0.250. The average Bonchev–Trinajstić information content (AvgIpc) is 3.38. The molecule has 1 fully saturated rings. The highest BCUT2D eigenvalue weighted by molar-refractivity contribution is 7.10. The number of likely N-dealkylation sites (tertiary alicyclic amines) is 1. The first-order valence-electron chi connectivity index (χ1n) is 12.5. The first-order chi connectivity index (χ1) is 16.4. The molecule has 0 saturated carbocycles. The van der Waals surface area contributed by atoms with Gasteiger partial charge in [0.25, 0.3) is 0 Å². The molecule has 2 heterocycles. The Morgan fingerprint density at radius 3 is 2.32 bits per heavy atom. The van der Waals surface area contributed by atoms with Crippen LogP contribution in [0.3, 0.4) is 0 Å². The lowest BCUT2D eigenvalue weighted by atomic mass is 9.86. The Hall–Kier alpha value is -2.27. The van der Waals surface area contributed by atoms with Crippen molar-refractivity contribution in [3.63, 3.8) is 0 Å². The number of benzene rings is 2. The van der Waals surface area contributed by atoms with Gasteiger partial charge in [0, 0.05) is 30.0 Å². The van der Waals surface area contributed by atoms with Gasteiger partial charge in [0.15, 0.2) is 5.78 Å². The standard InChI is InChI=1S/C30H37NO2S/c1-30(2,3)25-15-13-23(14-16-25)27(32)11-7-19-31-20-17-26(18-21-31)33-29(28-12-8-22-34-28)24-9-5-4-6-10-24/h4-6,8-10,12-16,22,26,29H,7,11,17-21H2,1-3H3. The van der Waals surface area contributed by atoms with E-state index >= 15 is 0 Å². The van der Waals surface area contributed by atoms with Crippen LogP contribution in [0.15, 0.2) is 72.1 Å². The smallest absolute Gasteiger partial charge is 0.162 e. The Morgan fingerprint density at radius 1 is 1.00 bits per heavy atom. The van der Waals surface area contributed by atoms with Gasteiger partial charge < -0.3 is 9.64 Å². The first kappa shape index (κ1) is 24.8. The van der Waals surface area contributed by atoms with Crippen molar-refractivity contribution in [2.45, 2.75) is 64.1 Å². The van der Waals surface area contributed by atoms with Gasteiger partial charge in [0.1, 0.15) is 6.10 Å². The monoisotopic (exact) mass is 475 g/mol. The fourth-order valence-electron chi connectivity index (χ4n) is 4.60. The van der Waals surface area contributed by atoms with E-state index in [1.165, 1.54) is 16.0 Å². The third-order valence-electron chi connectivity index (χ3n) is 6.72. The number of piperidine rings is 1. The molecule has 0 bridgehead atoms. The van der Waals surface area contributed by atoms with Crippen LogP contribution in [-0.4, -0.2) is 36.4 Å². The van der Waals surface area contributed by atoms with E-state index in [-0.39, 0.29) is 23.4 Å². The number of rotatable bonds is 9. The minimum Gasteiger partial charge on any atom is -0.365 e. The number of hydrogen-bond acceptors (Lipinski definition) is 4. The summed E-state index contributed by atoms with van der Waals surface area (Å²) in [4.78, 5) is 16.4. The molecule has 1 aliphatic heterocycles. The van der Waals surface area contributed by atoms with Gasteiger partial charge in [-0.2, -0.15) is 0 Å². The lowest BCUT2D eigenvalue weighted by molar-refractivity contribution is -0.0257. The summed E-state index contributed by atoms with van der Waals surface area (Å²) in [5, 5.41) is 2.12. The molecule has 0 aliphatic carbocycles. The Morgan fingerprint density at radius 2 is 1.71 bits per heavy atom. The highest BCUT2D eigenvalue weighted by atomic mass is 32.1. The fourth-order valence-corrected chi connectivity index (χ4v) is 5.39. The SMILES string of the molecule is CC(C)(C)c1ccc(C(=O)CCCN2CCC(OC(c3ccccc3)c3cccs3)CC2)cc1. The van der Waals surface area contributed by atoms with Gasteiger partial charge in [-0.15, -0.1) is 11.3 Å². The summed E-state index contributed by atoms with van der Waals surface area (Å²) in [6.45, 7) is 9.63. The lowest BCUT2D eigenvalue weighted by Crippen LogP contribution is -2.38. The molecule has 2 aromatic carbocycles. The number of hydrogen-bond donors (Lipinski definition) is 0. The summed E-state index contributed by atoms with van der Waals surface area (Å²) >= 11 is 1.76. The van der Waals surface area contributed by atoms with Crippen molar-refractivity contribution in [2.24, 2.45) is 0 Å². The van der Waals surface area contributed by atoms with E-state index in [1.807, 2.05) is 12.1 Å². The largest absolute Gasteiger partial charge is 0.365 e. The van der Waals surface area contributed by atoms with Gasteiger partial charge in [0.2, 0.25) is 0 Å². The van der Waals surface area contributed by atoms with Crippen LogP contribution in [0.1, 0.15) is 78.9 Å². The zero-order chi connectivity index (χ0) is 24.0. The lowest BCUT2D eigenvalue weighted by Gasteiger charge is -2.34. The molecule has 0 amide bonds. The predicted molar refractivity (Wildman–Crippen MR) is 142 cm³/mol. The number of ketones is 1. The summed E-state index contributed by atoms with van der Waals surface area (Å²) in [5.41, 5.74) is 3.44. The van der Waals surface area contributed by atoms with Crippen molar-refractivity contribution in [1.29, 1.82) is 0 Å². The second kappa shape index (κ2) is 11.4. The molecule has 1 unspecified atom stereocenters. The number of carbonyl (C=O) groups excluding carboxylic acids is 1. The first-order valence-corrected chi connectivity index (χ1v) is 13.4. The molecule has 0 radical (unpaired) electrons. The van der Waals surface area contributed by atoms with Crippen LogP contribution in [-0.2, 0) is 10.2 Å². The molecule has 0 spiro atoms. The third-order valence-corrected chi connectivity index (χ3v) is 7.63. The van der Waals surface area contributed by atoms with Crippen molar-refractivity contribution < 1.29 is 9.53 Å². The van der Waals surface area contributed by atoms with E-state index in [9.17, 15) is 4.79 Å². The maximum absolute atomic E-state index is 12.6. The molecule has 180 valence electrons. The fraction of sp³-hybridized carbons (Fsp3) is 0.433. The maximum Gasteiger partial charge on any atom is 0.162 e. The maximum atomic E-state index is 12.6. The zero-order valence-corrected chi connectivity index (χ0v) is 21.5. The molecule has 3 aromatic rings. The summed E-state index contributed by atoms with van der Waals surface area (Å²) in [7, 11) is 0. The topological polar surface area (TPSA) is 29.5 Å². The Balaban J connectivity index is 1.22. The highest BCUT2D eigenvalue weighted by Gasteiger charge is 2.25.